The van der Waals surface area contributed by atoms with E-state index in [9.17, 15) is 13.2 Å². The standard InChI is InChI=1S/C18H26N2O4S/c1-13(2)15-6-7-17(16(12-15)24-3)25(22,23)20-10-8-19(9-11-20)18(21)14-4-5-14/h6-7,12-14H,4-5,8-11H2,1-3H3. The van der Waals surface area contributed by atoms with Crippen molar-refractivity contribution in [3.05, 3.63) is 23.8 Å². The van der Waals surface area contributed by atoms with E-state index in [1.165, 1.54) is 11.4 Å². The van der Waals surface area contributed by atoms with Crippen LogP contribution >= 0.6 is 0 Å². The number of methoxy groups -OCH3 is 1. The number of rotatable bonds is 5. The Bertz CT molecular complexity index is 748. The molecule has 0 bridgehead atoms. The lowest BCUT2D eigenvalue weighted by Crippen LogP contribution is -2.50. The molecule has 0 radical (unpaired) electrons. The van der Waals surface area contributed by atoms with E-state index in [0.717, 1.165) is 18.4 Å². The van der Waals surface area contributed by atoms with Gasteiger partial charge in [-0.15, -0.1) is 0 Å². The number of carbonyl (C=O) groups excluding carboxylic acids is 1. The van der Waals surface area contributed by atoms with Crippen molar-refractivity contribution in [2.45, 2.75) is 37.5 Å². The second kappa shape index (κ2) is 6.96. The fraction of sp³-hybridized carbons (Fsp3) is 0.611. The number of sulfonamides is 1. The SMILES string of the molecule is COc1cc(C(C)C)ccc1S(=O)(=O)N1CCN(C(=O)C2CC2)CC1. The third kappa shape index (κ3) is 3.67. The quantitative estimate of drug-likeness (QED) is 0.800. The van der Waals surface area contributed by atoms with Crippen molar-refractivity contribution >= 4 is 15.9 Å². The summed E-state index contributed by atoms with van der Waals surface area (Å²) in [6, 6.07) is 5.27. The molecule has 1 saturated carbocycles. The topological polar surface area (TPSA) is 66.9 Å². The fourth-order valence-electron chi connectivity index (χ4n) is 3.13. The van der Waals surface area contributed by atoms with Crippen LogP contribution in [0.15, 0.2) is 23.1 Å². The third-order valence-electron chi connectivity index (χ3n) is 4.95. The highest BCUT2D eigenvalue weighted by atomic mass is 32.2. The summed E-state index contributed by atoms with van der Waals surface area (Å²) in [5, 5.41) is 0. The van der Waals surface area contributed by atoms with Gasteiger partial charge in [0.15, 0.2) is 0 Å². The summed E-state index contributed by atoms with van der Waals surface area (Å²) in [5.41, 5.74) is 1.04. The molecule has 2 aliphatic rings. The molecule has 6 nitrogen and oxygen atoms in total. The number of ether oxygens (including phenoxy) is 1. The number of hydrogen-bond acceptors (Lipinski definition) is 4. The molecule has 0 spiro atoms. The van der Waals surface area contributed by atoms with Gasteiger partial charge in [-0.3, -0.25) is 4.79 Å². The second-order valence-corrected chi connectivity index (χ2v) is 8.97. The first-order chi connectivity index (χ1) is 11.8. The highest BCUT2D eigenvalue weighted by Crippen LogP contribution is 2.33. The zero-order chi connectivity index (χ0) is 18.2. The molecule has 1 aromatic carbocycles. The molecule has 3 rings (SSSR count). The summed E-state index contributed by atoms with van der Waals surface area (Å²) in [6.45, 7) is 5.69. The molecule has 1 aliphatic heterocycles. The predicted octanol–water partition coefficient (Wildman–Crippen LogP) is 2.06. The van der Waals surface area contributed by atoms with Crippen LogP contribution in [0.4, 0.5) is 0 Å². The van der Waals surface area contributed by atoms with Gasteiger partial charge in [-0.05, 0) is 36.5 Å². The van der Waals surface area contributed by atoms with Gasteiger partial charge in [0.25, 0.3) is 0 Å². The summed E-state index contributed by atoms with van der Waals surface area (Å²) < 4.78 is 32.8. The van der Waals surface area contributed by atoms with Gasteiger partial charge in [-0.1, -0.05) is 19.9 Å². The molecule has 1 aliphatic carbocycles. The summed E-state index contributed by atoms with van der Waals surface area (Å²) in [5.74, 6) is 1.02. The van der Waals surface area contributed by atoms with Gasteiger partial charge in [0.05, 0.1) is 7.11 Å². The van der Waals surface area contributed by atoms with Crippen LogP contribution in [0.25, 0.3) is 0 Å². The minimum absolute atomic E-state index is 0.173. The first kappa shape index (κ1) is 18.2. The van der Waals surface area contributed by atoms with E-state index in [2.05, 4.69) is 13.8 Å². The van der Waals surface area contributed by atoms with E-state index in [1.54, 1.807) is 17.0 Å². The van der Waals surface area contributed by atoms with Gasteiger partial charge >= 0.3 is 0 Å². The third-order valence-corrected chi connectivity index (χ3v) is 6.89. The van der Waals surface area contributed by atoms with Crippen LogP contribution in [0.3, 0.4) is 0 Å². The van der Waals surface area contributed by atoms with Crippen LogP contribution in [-0.4, -0.2) is 56.8 Å². The van der Waals surface area contributed by atoms with Crippen LogP contribution in [0.5, 0.6) is 5.75 Å². The molecule has 1 amide bonds. The van der Waals surface area contributed by atoms with Crippen LogP contribution < -0.4 is 4.74 Å². The average Bonchev–Trinajstić information content (AvgIpc) is 3.45. The maximum absolute atomic E-state index is 13.0. The van der Waals surface area contributed by atoms with Crippen molar-refractivity contribution < 1.29 is 17.9 Å². The molecule has 0 atom stereocenters. The lowest BCUT2D eigenvalue weighted by Gasteiger charge is -2.34. The molecule has 1 saturated heterocycles. The Morgan fingerprint density at radius 1 is 1.16 bits per heavy atom. The lowest BCUT2D eigenvalue weighted by molar-refractivity contribution is -0.133. The van der Waals surface area contributed by atoms with Crippen LogP contribution in [0.1, 0.15) is 38.2 Å². The molecule has 138 valence electrons. The van der Waals surface area contributed by atoms with E-state index < -0.39 is 10.0 Å². The highest BCUT2D eigenvalue weighted by molar-refractivity contribution is 7.89. The van der Waals surface area contributed by atoms with Crippen molar-refractivity contribution in [2.24, 2.45) is 5.92 Å². The van der Waals surface area contributed by atoms with E-state index in [0.29, 0.717) is 37.8 Å². The first-order valence-corrected chi connectivity index (χ1v) is 10.3. The van der Waals surface area contributed by atoms with Gasteiger partial charge in [0, 0.05) is 32.1 Å². The molecule has 0 N–H and O–H groups in total. The lowest BCUT2D eigenvalue weighted by atomic mass is 10.0. The molecular weight excluding hydrogens is 340 g/mol. The number of benzene rings is 1. The second-order valence-electron chi connectivity index (χ2n) is 7.07. The molecule has 7 heteroatoms. The normalized spacial score (nSPS) is 19.3. The molecule has 0 unspecified atom stereocenters. The Kier molecular flexibility index (Phi) is 5.06. The zero-order valence-corrected chi connectivity index (χ0v) is 15.9. The van der Waals surface area contributed by atoms with Crippen molar-refractivity contribution in [3.8, 4) is 5.75 Å². The van der Waals surface area contributed by atoms with Gasteiger partial charge in [-0.25, -0.2) is 8.42 Å². The zero-order valence-electron chi connectivity index (χ0n) is 15.1. The summed E-state index contributed by atoms with van der Waals surface area (Å²) >= 11 is 0. The van der Waals surface area contributed by atoms with Gasteiger partial charge < -0.3 is 9.64 Å². The van der Waals surface area contributed by atoms with Crippen molar-refractivity contribution in [1.82, 2.24) is 9.21 Å². The molecule has 0 aromatic heterocycles. The summed E-state index contributed by atoms with van der Waals surface area (Å²) in [7, 11) is -2.14. The average molecular weight is 366 g/mol. The maximum atomic E-state index is 13.0. The maximum Gasteiger partial charge on any atom is 0.246 e. The smallest absolute Gasteiger partial charge is 0.246 e. The van der Waals surface area contributed by atoms with Gasteiger partial charge in [0.1, 0.15) is 10.6 Å². The molecule has 2 fully saturated rings. The Hall–Kier alpha value is -1.60. The number of amides is 1. The van der Waals surface area contributed by atoms with E-state index >= 15 is 0 Å². The number of hydrogen-bond donors (Lipinski definition) is 0. The number of piperazine rings is 1. The largest absolute Gasteiger partial charge is 0.495 e. The Morgan fingerprint density at radius 3 is 2.32 bits per heavy atom. The highest BCUT2D eigenvalue weighted by Gasteiger charge is 2.37. The Labute approximate surface area is 149 Å². The van der Waals surface area contributed by atoms with Crippen LogP contribution in [0.2, 0.25) is 0 Å². The van der Waals surface area contributed by atoms with Gasteiger partial charge in [-0.2, -0.15) is 4.31 Å². The monoisotopic (exact) mass is 366 g/mol. The summed E-state index contributed by atoms with van der Waals surface area (Å²) in [6.07, 6.45) is 1.94. The molecular formula is C18H26N2O4S. The minimum atomic E-state index is -3.63. The predicted molar refractivity (Wildman–Crippen MR) is 95.1 cm³/mol. The number of carbonyl (C=O) groups is 1. The molecule has 25 heavy (non-hydrogen) atoms. The van der Waals surface area contributed by atoms with Gasteiger partial charge in [0.2, 0.25) is 15.9 Å². The molecule has 1 heterocycles. The first-order valence-electron chi connectivity index (χ1n) is 8.81. The fourth-order valence-corrected chi connectivity index (χ4v) is 4.69. The van der Waals surface area contributed by atoms with Crippen molar-refractivity contribution in [2.75, 3.05) is 33.3 Å². The van der Waals surface area contributed by atoms with Crippen molar-refractivity contribution in [1.29, 1.82) is 0 Å². The van der Waals surface area contributed by atoms with E-state index in [4.69, 9.17) is 4.74 Å². The number of nitrogens with zero attached hydrogens (tertiary/aromatic N) is 2. The molecule has 1 aromatic rings. The minimum Gasteiger partial charge on any atom is -0.495 e. The van der Waals surface area contributed by atoms with E-state index in [-0.39, 0.29) is 16.7 Å². The van der Waals surface area contributed by atoms with E-state index in [1.807, 2.05) is 6.07 Å². The Morgan fingerprint density at radius 2 is 1.80 bits per heavy atom. The van der Waals surface area contributed by atoms with Crippen molar-refractivity contribution in [3.63, 3.8) is 0 Å². The Balaban J connectivity index is 1.77. The van der Waals surface area contributed by atoms with Crippen LogP contribution in [-0.2, 0) is 14.8 Å². The van der Waals surface area contributed by atoms with Crippen LogP contribution in [0, 0.1) is 5.92 Å². The summed E-state index contributed by atoms with van der Waals surface area (Å²) in [4.78, 5) is 14.1.